The van der Waals surface area contributed by atoms with Crippen molar-refractivity contribution < 1.29 is 24.3 Å². The van der Waals surface area contributed by atoms with Gasteiger partial charge in [0.2, 0.25) is 5.91 Å². The van der Waals surface area contributed by atoms with Gasteiger partial charge in [0.25, 0.3) is 0 Å². The summed E-state index contributed by atoms with van der Waals surface area (Å²) in [4.78, 5) is 38.4. The monoisotopic (exact) mass is 622 g/mol. The van der Waals surface area contributed by atoms with Crippen molar-refractivity contribution in [1.82, 2.24) is 15.2 Å². The Labute approximate surface area is 269 Å². The van der Waals surface area contributed by atoms with E-state index in [2.05, 4.69) is 43.1 Å². The summed E-state index contributed by atoms with van der Waals surface area (Å²) in [5.74, 6) is 0.282. The number of piperidine rings is 1. The molecule has 2 aromatic rings. The van der Waals surface area contributed by atoms with E-state index in [1.807, 2.05) is 29.2 Å². The van der Waals surface area contributed by atoms with Crippen molar-refractivity contribution in [2.24, 2.45) is 11.3 Å². The lowest BCUT2D eigenvalue weighted by Crippen LogP contribution is -2.59. The number of ether oxygens (including phenoxy) is 1. The minimum Gasteiger partial charge on any atom is -0.493 e. The van der Waals surface area contributed by atoms with E-state index in [-0.39, 0.29) is 35.7 Å². The number of carbonyl (C=O) groups excluding carboxylic acids is 1. The van der Waals surface area contributed by atoms with E-state index in [4.69, 9.17) is 9.57 Å². The fraction of sp³-hybridized carbons (Fsp3) is 0.639. The molecule has 3 N–H and O–H groups in total. The smallest absolute Gasteiger partial charge is 0.303 e. The number of hydrogen-bond donors (Lipinski definition) is 3. The Morgan fingerprint density at radius 2 is 1.82 bits per heavy atom. The van der Waals surface area contributed by atoms with Gasteiger partial charge < -0.3 is 20.1 Å². The van der Waals surface area contributed by atoms with Crippen LogP contribution < -0.4 is 15.5 Å². The first kappa shape index (κ1) is 34.7. The van der Waals surface area contributed by atoms with Gasteiger partial charge in [0.05, 0.1) is 25.7 Å². The number of aliphatic carboxylic acids is 1. The number of hydrogen-bond acceptors (Lipinski definition) is 7. The van der Waals surface area contributed by atoms with Gasteiger partial charge in [-0.25, -0.2) is 10.5 Å². The third kappa shape index (κ3) is 10.2. The van der Waals surface area contributed by atoms with Crippen LogP contribution in [0.25, 0.3) is 10.8 Å². The molecule has 9 heteroatoms. The van der Waals surface area contributed by atoms with Crippen molar-refractivity contribution in [3.8, 4) is 5.75 Å². The van der Waals surface area contributed by atoms with Crippen LogP contribution in [0.3, 0.4) is 0 Å². The standard InChI is InChI=1S/C36H54N4O5/c1-5-22-45-39-34-30-17-16-29(24-26(30)18-20-37-34)44-23-19-28-15-11-12-21-40(28)35(43)33(31(25-32(41)42)36(2,3)4)38-27-13-9-7-6-8-10-14-27/h5,16-18,20,24,27-28,31,33,38H,1,6-15,19,21-23,25H2,2-4H3,(H,37,39)(H,41,42)/t28?,31?,33-/m0/s1. The molecule has 1 aliphatic carbocycles. The number of benzene rings is 1. The normalized spacial score (nSPS) is 19.7. The van der Waals surface area contributed by atoms with E-state index in [0.29, 0.717) is 25.6 Å². The van der Waals surface area contributed by atoms with Crippen LogP contribution in [0.1, 0.15) is 97.8 Å². The molecular weight excluding hydrogens is 568 g/mol. The van der Waals surface area contributed by atoms with Gasteiger partial charge in [-0.15, -0.1) is 6.58 Å². The van der Waals surface area contributed by atoms with Crippen LogP contribution in [-0.2, 0) is 14.4 Å². The molecular formula is C36H54N4O5. The minimum atomic E-state index is -0.853. The van der Waals surface area contributed by atoms with Crippen LogP contribution in [-0.4, -0.2) is 64.8 Å². The first-order valence-corrected chi connectivity index (χ1v) is 17.0. The first-order chi connectivity index (χ1) is 21.7. The second-order valence-electron chi connectivity index (χ2n) is 13.8. The zero-order valence-electron chi connectivity index (χ0n) is 27.6. The summed E-state index contributed by atoms with van der Waals surface area (Å²) in [6.07, 6.45) is 15.1. The number of likely N-dealkylation sites (tertiary alicyclic amines) is 1. The van der Waals surface area contributed by atoms with Gasteiger partial charge in [-0.2, -0.15) is 0 Å². The zero-order chi connectivity index (χ0) is 32.2. The molecule has 45 heavy (non-hydrogen) atoms. The molecule has 2 aliphatic rings. The van der Waals surface area contributed by atoms with Gasteiger partial charge in [-0.05, 0) is 73.1 Å². The van der Waals surface area contributed by atoms with Crippen LogP contribution in [0.5, 0.6) is 5.75 Å². The highest BCUT2D eigenvalue weighted by Crippen LogP contribution is 2.35. The maximum absolute atomic E-state index is 14.5. The average Bonchev–Trinajstić information content (AvgIpc) is 2.99. The highest BCUT2D eigenvalue weighted by Gasteiger charge is 2.42. The quantitative estimate of drug-likeness (QED) is 0.116. The summed E-state index contributed by atoms with van der Waals surface area (Å²) in [6.45, 7) is 11.4. The summed E-state index contributed by atoms with van der Waals surface area (Å²) >= 11 is 0. The Morgan fingerprint density at radius 1 is 1.09 bits per heavy atom. The van der Waals surface area contributed by atoms with Crippen molar-refractivity contribution >= 4 is 28.5 Å². The van der Waals surface area contributed by atoms with E-state index in [0.717, 1.165) is 67.9 Å². The Balaban J connectivity index is 1.46. The molecule has 2 unspecified atom stereocenters. The van der Waals surface area contributed by atoms with Gasteiger partial charge in [0, 0.05) is 36.6 Å². The summed E-state index contributed by atoms with van der Waals surface area (Å²) < 4.78 is 6.23. The molecule has 1 saturated carbocycles. The lowest BCUT2D eigenvalue weighted by Gasteiger charge is -2.43. The second kappa shape index (κ2) is 16.9. The molecule has 0 radical (unpaired) electrons. The maximum Gasteiger partial charge on any atom is 0.303 e. The molecule has 1 aromatic carbocycles. The van der Waals surface area contributed by atoms with Crippen molar-refractivity contribution in [1.29, 1.82) is 0 Å². The fourth-order valence-electron chi connectivity index (χ4n) is 6.93. The van der Waals surface area contributed by atoms with E-state index < -0.39 is 12.0 Å². The molecule has 1 aromatic heterocycles. The Kier molecular flexibility index (Phi) is 13.1. The van der Waals surface area contributed by atoms with Crippen LogP contribution >= 0.6 is 0 Å². The minimum absolute atomic E-state index is 0.0314. The number of anilines is 1. The molecule has 4 rings (SSSR count). The number of rotatable bonds is 14. The topological polar surface area (TPSA) is 113 Å². The van der Waals surface area contributed by atoms with Crippen LogP contribution in [0.2, 0.25) is 0 Å². The van der Waals surface area contributed by atoms with Crippen LogP contribution in [0, 0.1) is 11.3 Å². The van der Waals surface area contributed by atoms with Gasteiger partial charge in [-0.1, -0.05) is 59.0 Å². The van der Waals surface area contributed by atoms with E-state index >= 15 is 0 Å². The molecule has 3 atom stereocenters. The lowest BCUT2D eigenvalue weighted by atomic mass is 9.73. The molecule has 248 valence electrons. The molecule has 9 nitrogen and oxygen atoms in total. The highest BCUT2D eigenvalue weighted by molar-refractivity contribution is 5.92. The zero-order valence-corrected chi connectivity index (χ0v) is 27.6. The number of carbonyl (C=O) groups is 2. The average molecular weight is 623 g/mol. The molecule has 1 amide bonds. The number of pyridine rings is 1. The van der Waals surface area contributed by atoms with Crippen molar-refractivity contribution in [2.45, 2.75) is 116 Å². The number of aromatic nitrogens is 1. The van der Waals surface area contributed by atoms with Crippen LogP contribution in [0.15, 0.2) is 43.1 Å². The van der Waals surface area contributed by atoms with Crippen molar-refractivity contribution in [3.63, 3.8) is 0 Å². The van der Waals surface area contributed by atoms with E-state index in [1.165, 1.54) is 19.3 Å². The Bertz CT molecular complexity index is 1250. The van der Waals surface area contributed by atoms with E-state index in [1.54, 1.807) is 12.3 Å². The first-order valence-electron chi connectivity index (χ1n) is 17.0. The third-order valence-electron chi connectivity index (χ3n) is 9.43. The van der Waals surface area contributed by atoms with Gasteiger partial charge >= 0.3 is 5.97 Å². The SMILES string of the molecule is C=CCONc1nccc2cc(OCCC3CCCCN3C(=O)[C@@H](NC3CCCCCCC3)C(CC(=O)O)C(C)(C)C)ccc12. The maximum atomic E-state index is 14.5. The van der Waals surface area contributed by atoms with Crippen molar-refractivity contribution in [3.05, 3.63) is 43.1 Å². The Hall–Kier alpha value is -3.17. The molecule has 1 saturated heterocycles. The fourth-order valence-corrected chi connectivity index (χ4v) is 6.93. The molecule has 2 fully saturated rings. The van der Waals surface area contributed by atoms with Gasteiger partial charge in [0.15, 0.2) is 5.82 Å². The van der Waals surface area contributed by atoms with Gasteiger partial charge in [-0.3, -0.25) is 14.4 Å². The molecule has 0 spiro atoms. The number of amides is 1. The number of carboxylic acids is 1. The molecule has 2 heterocycles. The summed E-state index contributed by atoms with van der Waals surface area (Å²) in [6, 6.07) is 7.59. The molecule has 1 aliphatic heterocycles. The molecule has 0 bridgehead atoms. The van der Waals surface area contributed by atoms with Crippen molar-refractivity contribution in [2.75, 3.05) is 25.2 Å². The predicted octanol–water partition coefficient (Wildman–Crippen LogP) is 7.12. The summed E-state index contributed by atoms with van der Waals surface area (Å²) in [5.41, 5.74) is 2.53. The highest BCUT2D eigenvalue weighted by atomic mass is 16.6. The third-order valence-corrected chi connectivity index (χ3v) is 9.43. The number of nitrogens with zero attached hydrogens (tertiary/aromatic N) is 2. The van der Waals surface area contributed by atoms with Crippen LogP contribution in [0.4, 0.5) is 5.82 Å². The number of nitrogens with one attached hydrogen (secondary N) is 2. The second-order valence-corrected chi connectivity index (χ2v) is 13.8. The lowest BCUT2D eigenvalue weighted by molar-refractivity contribution is -0.144. The van der Waals surface area contributed by atoms with E-state index in [9.17, 15) is 14.7 Å². The summed E-state index contributed by atoms with van der Waals surface area (Å²) in [5, 5.41) is 15.6. The van der Waals surface area contributed by atoms with Gasteiger partial charge in [0.1, 0.15) is 5.75 Å². The number of carboxylic acid groups (broad SMARTS) is 1. The Morgan fingerprint density at radius 3 is 2.53 bits per heavy atom. The summed E-state index contributed by atoms with van der Waals surface area (Å²) in [7, 11) is 0. The number of fused-ring (bicyclic) bond motifs is 1. The largest absolute Gasteiger partial charge is 0.493 e. The predicted molar refractivity (Wildman–Crippen MR) is 179 cm³/mol.